The third-order valence-corrected chi connectivity index (χ3v) is 3.50. The highest BCUT2D eigenvalue weighted by Crippen LogP contribution is 2.32. The van der Waals surface area contributed by atoms with Gasteiger partial charge in [-0.2, -0.15) is 17.6 Å². The maximum atomic E-state index is 13.4. The lowest BCUT2D eigenvalue weighted by Gasteiger charge is -2.14. The van der Waals surface area contributed by atoms with Crippen LogP contribution in [0.15, 0.2) is 22.6 Å². The fourth-order valence-corrected chi connectivity index (χ4v) is 1.69. The Balaban J connectivity index is 3.22. The molecular formula is C12H13F4NOS. The molecule has 0 aliphatic carbocycles. The van der Waals surface area contributed by atoms with Crippen LogP contribution in [0, 0.1) is 5.82 Å². The predicted molar refractivity (Wildman–Crippen MR) is 66.9 cm³/mol. The van der Waals surface area contributed by atoms with Crippen LogP contribution in [0.4, 0.5) is 17.6 Å². The molecule has 0 fully saturated rings. The summed E-state index contributed by atoms with van der Waals surface area (Å²) in [5.74, 6) is -1.05. The van der Waals surface area contributed by atoms with Gasteiger partial charge >= 0.3 is 6.18 Å². The lowest BCUT2D eigenvalue weighted by Crippen LogP contribution is -2.20. The van der Waals surface area contributed by atoms with Gasteiger partial charge in [-0.3, -0.25) is 0 Å². The Labute approximate surface area is 111 Å². The summed E-state index contributed by atoms with van der Waals surface area (Å²) in [5, 5.41) is 0. The predicted octanol–water partition coefficient (Wildman–Crippen LogP) is 3.73. The summed E-state index contributed by atoms with van der Waals surface area (Å²) in [7, 11) is -1.75. The first-order chi connectivity index (χ1) is 8.53. The molecule has 0 aromatic heterocycles. The number of benzene rings is 1. The van der Waals surface area contributed by atoms with Gasteiger partial charge in [0.25, 0.3) is 0 Å². The van der Waals surface area contributed by atoms with Crippen molar-refractivity contribution in [1.29, 1.82) is 0 Å². The number of nitrogens with zero attached hydrogens (tertiary/aromatic N) is 1. The molecule has 0 unspecified atom stereocenters. The lowest BCUT2D eigenvalue weighted by molar-refractivity contribution is -0.137. The molecule has 1 atom stereocenters. The smallest absolute Gasteiger partial charge is 0.234 e. The van der Waals surface area contributed by atoms with E-state index in [9.17, 15) is 21.8 Å². The molecule has 0 aliphatic rings. The molecule has 2 nitrogen and oxygen atoms in total. The van der Waals surface area contributed by atoms with Crippen LogP contribution >= 0.6 is 0 Å². The fraction of sp³-hybridized carbons (Fsp3) is 0.417. The summed E-state index contributed by atoms with van der Waals surface area (Å²) in [5.41, 5.74) is -1.84. The van der Waals surface area contributed by atoms with Gasteiger partial charge in [0.05, 0.1) is 10.3 Å². The van der Waals surface area contributed by atoms with Gasteiger partial charge in [0.15, 0.2) is 0 Å². The molecule has 0 aliphatic heterocycles. The second-order valence-electron chi connectivity index (χ2n) is 4.79. The van der Waals surface area contributed by atoms with E-state index in [0.29, 0.717) is 6.21 Å². The van der Waals surface area contributed by atoms with Crippen LogP contribution < -0.4 is 0 Å². The summed E-state index contributed by atoms with van der Waals surface area (Å²) in [6.07, 6.45) is -4.01. The number of hydrogen-bond acceptors (Lipinski definition) is 1. The van der Waals surface area contributed by atoms with Gasteiger partial charge in [0, 0.05) is 11.8 Å². The molecule has 0 saturated heterocycles. The molecule has 0 amide bonds. The van der Waals surface area contributed by atoms with Crippen LogP contribution in [0.1, 0.15) is 31.9 Å². The summed E-state index contributed by atoms with van der Waals surface area (Å²) in [6, 6.07) is 2.62. The first-order valence-electron chi connectivity index (χ1n) is 5.35. The van der Waals surface area contributed by atoms with Crippen molar-refractivity contribution in [2.45, 2.75) is 31.7 Å². The van der Waals surface area contributed by atoms with Gasteiger partial charge in [-0.05, 0) is 32.9 Å². The first-order valence-corrected chi connectivity index (χ1v) is 6.46. The van der Waals surface area contributed by atoms with Crippen molar-refractivity contribution in [3.05, 3.63) is 35.1 Å². The minimum absolute atomic E-state index is 0.680. The zero-order chi connectivity index (χ0) is 14.8. The molecule has 19 heavy (non-hydrogen) atoms. The van der Waals surface area contributed by atoms with Gasteiger partial charge in [-0.25, -0.2) is 8.60 Å². The van der Waals surface area contributed by atoms with Crippen LogP contribution in [-0.4, -0.2) is 15.2 Å². The van der Waals surface area contributed by atoms with Gasteiger partial charge < -0.3 is 0 Å². The van der Waals surface area contributed by atoms with E-state index >= 15 is 0 Å². The zero-order valence-corrected chi connectivity index (χ0v) is 11.4. The van der Waals surface area contributed by atoms with Crippen molar-refractivity contribution in [3.8, 4) is 0 Å². The average Bonchev–Trinajstić information content (AvgIpc) is 2.24. The maximum absolute atomic E-state index is 13.4. The topological polar surface area (TPSA) is 29.4 Å². The Kier molecular flexibility index (Phi) is 4.50. The highest BCUT2D eigenvalue weighted by molar-refractivity contribution is 7.85. The highest BCUT2D eigenvalue weighted by Gasteiger charge is 2.34. The van der Waals surface area contributed by atoms with E-state index in [1.807, 2.05) is 0 Å². The van der Waals surface area contributed by atoms with E-state index in [0.717, 1.165) is 18.2 Å². The van der Waals surface area contributed by atoms with Crippen molar-refractivity contribution in [2.75, 3.05) is 0 Å². The Morgan fingerprint density at radius 1 is 1.21 bits per heavy atom. The van der Waals surface area contributed by atoms with E-state index < -0.39 is 38.9 Å². The van der Waals surface area contributed by atoms with Crippen molar-refractivity contribution in [3.63, 3.8) is 0 Å². The highest BCUT2D eigenvalue weighted by atomic mass is 32.2. The third-order valence-electron chi connectivity index (χ3n) is 2.16. The Bertz CT molecular complexity index is 517. The number of halogens is 4. The molecule has 1 rings (SSSR count). The normalized spacial score (nSPS) is 14.9. The van der Waals surface area contributed by atoms with Gasteiger partial charge in [-0.1, -0.05) is 6.07 Å². The molecule has 7 heteroatoms. The summed E-state index contributed by atoms with van der Waals surface area (Å²) < 4.78 is 65.9. The van der Waals surface area contributed by atoms with E-state index in [2.05, 4.69) is 4.40 Å². The molecule has 0 N–H and O–H groups in total. The van der Waals surface area contributed by atoms with E-state index in [1.165, 1.54) is 0 Å². The van der Waals surface area contributed by atoms with Crippen molar-refractivity contribution in [1.82, 2.24) is 0 Å². The molecule has 106 valence electrons. The number of rotatable bonds is 2. The van der Waals surface area contributed by atoms with E-state index in [4.69, 9.17) is 0 Å². The largest absolute Gasteiger partial charge is 0.417 e. The van der Waals surface area contributed by atoms with Crippen molar-refractivity contribution < 1.29 is 21.8 Å². The maximum Gasteiger partial charge on any atom is 0.417 e. The summed E-state index contributed by atoms with van der Waals surface area (Å²) in [4.78, 5) is 0. The van der Waals surface area contributed by atoms with Gasteiger partial charge in [0.2, 0.25) is 0 Å². The Hall–Kier alpha value is -1.24. The summed E-state index contributed by atoms with van der Waals surface area (Å²) in [6.45, 7) is 4.85. The zero-order valence-electron chi connectivity index (χ0n) is 10.6. The van der Waals surface area contributed by atoms with Crippen molar-refractivity contribution in [2.24, 2.45) is 4.40 Å². The van der Waals surface area contributed by atoms with Crippen LogP contribution in [-0.2, 0) is 17.2 Å². The molecule has 0 radical (unpaired) electrons. The first kappa shape index (κ1) is 15.8. The molecular weight excluding hydrogens is 282 g/mol. The fourth-order valence-electron chi connectivity index (χ4n) is 1.17. The minimum atomic E-state index is -4.69. The summed E-state index contributed by atoms with van der Waals surface area (Å²) >= 11 is 0. The van der Waals surface area contributed by atoms with E-state index in [1.54, 1.807) is 20.8 Å². The monoisotopic (exact) mass is 295 g/mol. The third kappa shape index (κ3) is 4.12. The molecule has 1 aromatic carbocycles. The number of alkyl halides is 3. The second-order valence-corrected chi connectivity index (χ2v) is 6.73. The van der Waals surface area contributed by atoms with E-state index in [-0.39, 0.29) is 0 Å². The van der Waals surface area contributed by atoms with Gasteiger partial charge in [-0.15, -0.1) is 0 Å². The van der Waals surface area contributed by atoms with Crippen molar-refractivity contribution >= 4 is 17.2 Å². The lowest BCUT2D eigenvalue weighted by atomic mass is 10.1. The second kappa shape index (κ2) is 5.40. The Morgan fingerprint density at radius 2 is 1.79 bits per heavy atom. The van der Waals surface area contributed by atoms with Crippen LogP contribution in [0.2, 0.25) is 0 Å². The minimum Gasteiger partial charge on any atom is -0.234 e. The SMILES string of the molecule is CC(C)(C)[S@](=O)/N=C/c1c(F)cccc1C(F)(F)F. The van der Waals surface area contributed by atoms with Crippen LogP contribution in [0.25, 0.3) is 0 Å². The molecule has 0 spiro atoms. The molecule has 0 heterocycles. The molecule has 0 saturated carbocycles. The molecule has 1 aromatic rings. The average molecular weight is 295 g/mol. The standard InChI is InChI=1S/C12H13F4NOS/c1-11(2,3)19(18)17-7-8-9(12(14,15)16)5-4-6-10(8)13/h4-7H,1-3H3/b17-7+/t19-/m0/s1. The Morgan fingerprint density at radius 3 is 2.26 bits per heavy atom. The quantitative estimate of drug-likeness (QED) is 0.604. The van der Waals surface area contributed by atoms with Crippen LogP contribution in [0.3, 0.4) is 0 Å². The molecule has 0 bridgehead atoms. The van der Waals surface area contributed by atoms with Gasteiger partial charge in [0.1, 0.15) is 16.8 Å². The van der Waals surface area contributed by atoms with Crippen LogP contribution in [0.5, 0.6) is 0 Å². The number of hydrogen-bond donors (Lipinski definition) is 0.